The highest BCUT2D eigenvalue weighted by molar-refractivity contribution is 6.07. The quantitative estimate of drug-likeness (QED) is 0.880. The average molecular weight is 312 g/mol. The zero-order valence-electron chi connectivity index (χ0n) is 13.7. The molecule has 1 aromatic heterocycles. The zero-order chi connectivity index (χ0) is 16.0. The second kappa shape index (κ2) is 5.38. The van der Waals surface area contributed by atoms with E-state index in [4.69, 9.17) is 0 Å². The molecule has 2 atom stereocenters. The first-order valence-corrected chi connectivity index (χ1v) is 8.62. The number of carbonyl (C=O) groups is 1. The van der Waals surface area contributed by atoms with Crippen LogP contribution in [-0.4, -0.2) is 39.7 Å². The topological polar surface area (TPSA) is 45.5 Å². The minimum absolute atomic E-state index is 0.0570. The summed E-state index contributed by atoms with van der Waals surface area (Å²) in [7, 11) is 1.98. The van der Waals surface area contributed by atoms with Gasteiger partial charge in [0, 0.05) is 42.7 Å². The van der Waals surface area contributed by atoms with Crippen LogP contribution >= 0.6 is 0 Å². The maximum atomic E-state index is 13.1. The Morgan fingerprint density at radius 3 is 2.83 bits per heavy atom. The number of carbonyl (C=O) groups excluding carboxylic acids is 1. The van der Waals surface area contributed by atoms with Gasteiger partial charge < -0.3 is 14.6 Å². The van der Waals surface area contributed by atoms with Crippen LogP contribution in [0.3, 0.4) is 0 Å². The van der Waals surface area contributed by atoms with Crippen molar-refractivity contribution in [1.29, 1.82) is 0 Å². The highest BCUT2D eigenvalue weighted by Crippen LogP contribution is 2.45. The Morgan fingerprint density at radius 1 is 1.26 bits per heavy atom. The van der Waals surface area contributed by atoms with Crippen LogP contribution in [0.1, 0.15) is 42.5 Å². The summed E-state index contributed by atoms with van der Waals surface area (Å²) in [6.07, 6.45) is 6.76. The van der Waals surface area contributed by atoms with Gasteiger partial charge in [0.2, 0.25) is 0 Å². The van der Waals surface area contributed by atoms with Crippen molar-refractivity contribution in [2.24, 2.45) is 12.5 Å². The Morgan fingerprint density at radius 2 is 2.04 bits per heavy atom. The fourth-order valence-electron chi connectivity index (χ4n) is 4.61. The number of aliphatic hydroxyl groups is 1. The average Bonchev–Trinajstić information content (AvgIpc) is 3.09. The lowest BCUT2D eigenvalue weighted by Gasteiger charge is -2.42. The molecule has 1 spiro atoms. The monoisotopic (exact) mass is 312 g/mol. The molecule has 2 fully saturated rings. The molecule has 4 rings (SSSR count). The van der Waals surface area contributed by atoms with Crippen LogP contribution in [0.15, 0.2) is 30.5 Å². The largest absolute Gasteiger partial charge is 0.392 e. The summed E-state index contributed by atoms with van der Waals surface area (Å²) >= 11 is 0. The number of hydrogen-bond donors (Lipinski definition) is 1. The molecule has 1 amide bonds. The maximum Gasteiger partial charge on any atom is 0.256 e. The molecule has 1 N–H and O–H groups in total. The summed E-state index contributed by atoms with van der Waals surface area (Å²) in [4.78, 5) is 15.1. The van der Waals surface area contributed by atoms with Gasteiger partial charge in [0.05, 0.1) is 11.7 Å². The number of aromatic nitrogens is 1. The molecule has 2 aromatic rings. The Kier molecular flexibility index (Phi) is 3.45. The number of benzene rings is 1. The fourth-order valence-corrected chi connectivity index (χ4v) is 4.61. The van der Waals surface area contributed by atoms with Crippen molar-refractivity contribution in [2.45, 2.75) is 38.2 Å². The van der Waals surface area contributed by atoms with Crippen LogP contribution in [0, 0.1) is 5.41 Å². The van der Waals surface area contributed by atoms with Crippen LogP contribution in [-0.2, 0) is 7.05 Å². The first kappa shape index (κ1) is 14.8. The molecule has 1 aliphatic heterocycles. The van der Waals surface area contributed by atoms with Crippen molar-refractivity contribution < 1.29 is 9.90 Å². The number of rotatable bonds is 1. The molecule has 4 heteroatoms. The second-order valence-electron chi connectivity index (χ2n) is 7.27. The standard InChI is InChI=1S/C19H24N2O2/c1-20-12-15(14-6-2-3-7-16(14)20)18(23)21-11-5-10-19(13-21)9-4-8-17(19)22/h2-3,6-7,12,17,22H,4-5,8-11,13H2,1H3/t17-,19+/m1/s1. The van der Waals surface area contributed by atoms with Gasteiger partial charge in [0.15, 0.2) is 0 Å². The summed E-state index contributed by atoms with van der Waals surface area (Å²) in [5, 5.41) is 11.4. The number of aliphatic hydroxyl groups excluding tert-OH is 1. The van der Waals surface area contributed by atoms with Crippen molar-refractivity contribution in [2.75, 3.05) is 13.1 Å². The summed E-state index contributed by atoms with van der Waals surface area (Å²) in [5.74, 6) is 0.111. The maximum absolute atomic E-state index is 13.1. The Labute approximate surface area is 136 Å². The van der Waals surface area contributed by atoms with E-state index < -0.39 is 0 Å². The van der Waals surface area contributed by atoms with E-state index in [1.165, 1.54) is 0 Å². The SMILES string of the molecule is Cn1cc(C(=O)N2CCC[C@@]3(CCC[C@H]3O)C2)c2ccccc21. The molecule has 4 nitrogen and oxygen atoms in total. The predicted molar refractivity (Wildman–Crippen MR) is 90.3 cm³/mol. The van der Waals surface area contributed by atoms with E-state index in [1.807, 2.05) is 47.0 Å². The third-order valence-corrected chi connectivity index (χ3v) is 5.88. The highest BCUT2D eigenvalue weighted by Gasteiger charge is 2.45. The third kappa shape index (κ3) is 2.27. The van der Waals surface area contributed by atoms with Crippen molar-refractivity contribution >= 4 is 16.8 Å². The molecule has 2 aliphatic rings. The molecule has 122 valence electrons. The van der Waals surface area contributed by atoms with E-state index in [0.717, 1.165) is 55.1 Å². The van der Waals surface area contributed by atoms with Crippen LogP contribution in [0.5, 0.6) is 0 Å². The van der Waals surface area contributed by atoms with Gasteiger partial charge in [-0.1, -0.05) is 24.6 Å². The van der Waals surface area contributed by atoms with Crippen molar-refractivity contribution in [3.8, 4) is 0 Å². The number of fused-ring (bicyclic) bond motifs is 1. The van der Waals surface area contributed by atoms with Gasteiger partial charge >= 0.3 is 0 Å². The lowest BCUT2D eigenvalue weighted by atomic mass is 9.76. The molecule has 0 bridgehead atoms. The van der Waals surface area contributed by atoms with E-state index in [0.29, 0.717) is 6.54 Å². The molecule has 1 saturated heterocycles. The van der Waals surface area contributed by atoms with E-state index in [-0.39, 0.29) is 17.4 Å². The molecular formula is C19H24N2O2. The van der Waals surface area contributed by atoms with Gasteiger partial charge in [-0.15, -0.1) is 0 Å². The second-order valence-corrected chi connectivity index (χ2v) is 7.27. The van der Waals surface area contributed by atoms with E-state index in [9.17, 15) is 9.90 Å². The number of amides is 1. The Balaban J connectivity index is 1.66. The summed E-state index contributed by atoms with van der Waals surface area (Å²) in [6.45, 7) is 1.51. The molecule has 0 radical (unpaired) electrons. The fraction of sp³-hybridized carbons (Fsp3) is 0.526. The van der Waals surface area contributed by atoms with Gasteiger partial charge in [-0.05, 0) is 31.7 Å². The minimum Gasteiger partial charge on any atom is -0.392 e. The van der Waals surface area contributed by atoms with Gasteiger partial charge in [0.25, 0.3) is 5.91 Å². The number of para-hydroxylation sites is 1. The Hall–Kier alpha value is -1.81. The van der Waals surface area contributed by atoms with Gasteiger partial charge in [-0.25, -0.2) is 0 Å². The number of nitrogens with zero attached hydrogens (tertiary/aromatic N) is 2. The van der Waals surface area contributed by atoms with E-state index >= 15 is 0 Å². The van der Waals surface area contributed by atoms with Crippen molar-refractivity contribution in [3.63, 3.8) is 0 Å². The molecular weight excluding hydrogens is 288 g/mol. The van der Waals surface area contributed by atoms with Crippen molar-refractivity contribution in [1.82, 2.24) is 9.47 Å². The number of likely N-dealkylation sites (tertiary alicyclic amines) is 1. The lowest BCUT2D eigenvalue weighted by Crippen LogP contribution is -2.49. The normalized spacial score (nSPS) is 27.9. The predicted octanol–water partition coefficient (Wildman–Crippen LogP) is 2.95. The summed E-state index contributed by atoms with van der Waals surface area (Å²) in [5.41, 5.74) is 1.81. The molecule has 2 heterocycles. The van der Waals surface area contributed by atoms with Crippen LogP contribution < -0.4 is 0 Å². The van der Waals surface area contributed by atoms with Crippen LogP contribution in [0.2, 0.25) is 0 Å². The molecule has 1 aliphatic carbocycles. The number of aryl methyl sites for hydroxylation is 1. The highest BCUT2D eigenvalue weighted by atomic mass is 16.3. The lowest BCUT2D eigenvalue weighted by molar-refractivity contribution is -0.00529. The molecule has 0 unspecified atom stereocenters. The third-order valence-electron chi connectivity index (χ3n) is 5.88. The van der Waals surface area contributed by atoms with Gasteiger partial charge in [-0.3, -0.25) is 4.79 Å². The van der Waals surface area contributed by atoms with E-state index in [1.54, 1.807) is 0 Å². The van der Waals surface area contributed by atoms with Gasteiger partial charge in [-0.2, -0.15) is 0 Å². The number of hydrogen-bond acceptors (Lipinski definition) is 2. The number of piperidine rings is 1. The van der Waals surface area contributed by atoms with E-state index in [2.05, 4.69) is 0 Å². The van der Waals surface area contributed by atoms with Crippen LogP contribution in [0.25, 0.3) is 10.9 Å². The van der Waals surface area contributed by atoms with Crippen LogP contribution in [0.4, 0.5) is 0 Å². The molecule has 1 saturated carbocycles. The first-order chi connectivity index (χ1) is 11.1. The molecule has 23 heavy (non-hydrogen) atoms. The molecule has 1 aromatic carbocycles. The summed E-state index contributed by atoms with van der Waals surface area (Å²) in [6, 6.07) is 8.05. The zero-order valence-corrected chi connectivity index (χ0v) is 13.7. The summed E-state index contributed by atoms with van der Waals surface area (Å²) < 4.78 is 2.02. The first-order valence-electron chi connectivity index (χ1n) is 8.62. The van der Waals surface area contributed by atoms with Gasteiger partial charge in [0.1, 0.15) is 0 Å². The van der Waals surface area contributed by atoms with Crippen molar-refractivity contribution in [3.05, 3.63) is 36.0 Å². The Bertz CT molecular complexity index is 751. The smallest absolute Gasteiger partial charge is 0.256 e. The minimum atomic E-state index is -0.245.